The van der Waals surface area contributed by atoms with Gasteiger partial charge >= 0.3 is 6.09 Å². The first-order chi connectivity index (χ1) is 15.0. The van der Waals surface area contributed by atoms with E-state index in [9.17, 15) is 14.7 Å². The first kappa shape index (κ1) is 22.5. The van der Waals surface area contributed by atoms with E-state index in [4.69, 9.17) is 14.2 Å². The molecule has 5 rings (SSSR count). The number of nitrogens with zero attached hydrogens (tertiary/aromatic N) is 2. The molecule has 174 valence electrons. The van der Waals surface area contributed by atoms with E-state index in [0.29, 0.717) is 49.1 Å². The van der Waals surface area contributed by atoms with Gasteiger partial charge in [-0.2, -0.15) is 0 Å². The fraction of sp³-hybridized carbons (Fsp3) is 0.609. The first-order valence-corrected chi connectivity index (χ1v) is 10.9. The van der Waals surface area contributed by atoms with Gasteiger partial charge in [-0.05, 0) is 52.5 Å². The number of aliphatic hydroxyl groups is 1. The van der Waals surface area contributed by atoms with Crippen LogP contribution in [0.4, 0.5) is 4.79 Å². The molecule has 2 aliphatic heterocycles. The van der Waals surface area contributed by atoms with Crippen LogP contribution < -0.4 is 15.6 Å². The largest absolute Gasteiger partial charge is 0.495 e. The topological polar surface area (TPSA) is 112 Å². The van der Waals surface area contributed by atoms with Gasteiger partial charge < -0.3 is 29.2 Å². The normalized spacial score (nSPS) is 26.0. The summed E-state index contributed by atoms with van der Waals surface area (Å²) < 4.78 is 18.3. The van der Waals surface area contributed by atoms with Crippen LogP contribution in [0.2, 0.25) is 0 Å². The van der Waals surface area contributed by atoms with Crippen LogP contribution in [0.5, 0.6) is 5.75 Å². The van der Waals surface area contributed by atoms with Gasteiger partial charge in [-0.25, -0.2) is 4.79 Å². The van der Waals surface area contributed by atoms with Gasteiger partial charge in [-0.1, -0.05) is 0 Å². The number of aliphatic hydroxyl groups excluding tert-OH is 1. The standard InChI is InChI=1S/C23H31N3O6/c1-21(2,3)32-20(29)25-22-7-9-23(10-8-22,31-14-22)18(27)13-26-17-11-15(30-4)12-24-16(17)5-6-19(26)28/h5-6,11-12,18,27H,7-10,13-14H2,1-4H3,(H,25,29). The third-order valence-electron chi connectivity index (χ3n) is 6.47. The number of carbonyl (C=O) groups excluding carboxylic acids is 1. The minimum atomic E-state index is -0.892. The van der Waals surface area contributed by atoms with Crippen molar-refractivity contribution in [3.8, 4) is 5.75 Å². The third-order valence-corrected chi connectivity index (χ3v) is 6.47. The number of methoxy groups -OCH3 is 1. The number of alkyl carbamates (subject to hydrolysis) is 1. The summed E-state index contributed by atoms with van der Waals surface area (Å²) in [5.41, 5.74) is -0.809. The molecule has 1 atom stereocenters. The molecule has 9 nitrogen and oxygen atoms in total. The van der Waals surface area contributed by atoms with Crippen molar-refractivity contribution in [3.05, 3.63) is 34.7 Å². The zero-order valence-electron chi connectivity index (χ0n) is 19.0. The number of pyridine rings is 2. The zero-order valence-corrected chi connectivity index (χ0v) is 19.0. The van der Waals surface area contributed by atoms with Crippen LogP contribution in [0.3, 0.4) is 0 Å². The molecule has 2 aromatic rings. The van der Waals surface area contributed by atoms with E-state index in [2.05, 4.69) is 10.3 Å². The molecule has 2 bridgehead atoms. The minimum Gasteiger partial charge on any atom is -0.495 e. The summed E-state index contributed by atoms with van der Waals surface area (Å²) in [6, 6.07) is 4.85. The molecule has 1 amide bonds. The van der Waals surface area contributed by atoms with Crippen LogP contribution in [0.1, 0.15) is 46.5 Å². The number of amides is 1. The molecule has 3 aliphatic rings. The highest BCUT2D eigenvalue weighted by atomic mass is 16.6. The summed E-state index contributed by atoms with van der Waals surface area (Å²) in [4.78, 5) is 29.2. The van der Waals surface area contributed by atoms with E-state index in [-0.39, 0.29) is 12.1 Å². The van der Waals surface area contributed by atoms with Gasteiger partial charge in [0, 0.05) is 12.1 Å². The van der Waals surface area contributed by atoms with Crippen molar-refractivity contribution in [2.75, 3.05) is 13.7 Å². The highest BCUT2D eigenvalue weighted by Gasteiger charge is 2.54. The molecule has 2 aromatic heterocycles. The molecule has 3 fully saturated rings. The van der Waals surface area contributed by atoms with E-state index in [1.54, 1.807) is 18.3 Å². The second-order valence-corrected chi connectivity index (χ2v) is 9.84. The Labute approximate surface area is 186 Å². The molecule has 1 aliphatic carbocycles. The number of aromatic nitrogens is 2. The first-order valence-electron chi connectivity index (χ1n) is 10.9. The lowest BCUT2D eigenvalue weighted by atomic mass is 9.69. The van der Waals surface area contributed by atoms with Crippen molar-refractivity contribution in [2.24, 2.45) is 0 Å². The Morgan fingerprint density at radius 3 is 2.62 bits per heavy atom. The molecule has 1 saturated carbocycles. The van der Waals surface area contributed by atoms with Gasteiger partial charge in [-0.15, -0.1) is 0 Å². The lowest BCUT2D eigenvalue weighted by Gasteiger charge is -2.54. The number of ether oxygens (including phenoxy) is 3. The maximum absolute atomic E-state index is 12.6. The smallest absolute Gasteiger partial charge is 0.408 e. The second-order valence-electron chi connectivity index (χ2n) is 9.84. The highest BCUT2D eigenvalue weighted by molar-refractivity contribution is 5.75. The van der Waals surface area contributed by atoms with Crippen LogP contribution in [-0.2, 0) is 16.0 Å². The van der Waals surface area contributed by atoms with Crippen molar-refractivity contribution in [2.45, 2.75) is 75.8 Å². The van der Waals surface area contributed by atoms with Crippen LogP contribution >= 0.6 is 0 Å². The van der Waals surface area contributed by atoms with Gasteiger partial charge in [-0.3, -0.25) is 9.78 Å². The number of fused-ring (bicyclic) bond motifs is 4. The summed E-state index contributed by atoms with van der Waals surface area (Å²) in [5, 5.41) is 14.2. The molecule has 0 radical (unpaired) electrons. The van der Waals surface area contributed by atoms with Crippen molar-refractivity contribution in [1.82, 2.24) is 14.9 Å². The maximum atomic E-state index is 12.6. The van der Waals surface area contributed by atoms with E-state index < -0.39 is 28.9 Å². The summed E-state index contributed by atoms with van der Waals surface area (Å²) in [7, 11) is 1.54. The number of hydrogen-bond acceptors (Lipinski definition) is 7. The molecule has 0 spiro atoms. The molecule has 4 heterocycles. The van der Waals surface area contributed by atoms with Gasteiger partial charge in [0.25, 0.3) is 5.56 Å². The van der Waals surface area contributed by atoms with Crippen molar-refractivity contribution in [3.63, 3.8) is 0 Å². The Morgan fingerprint density at radius 1 is 1.31 bits per heavy atom. The van der Waals surface area contributed by atoms with E-state index in [1.807, 2.05) is 20.8 Å². The summed E-state index contributed by atoms with van der Waals surface area (Å²) in [5.74, 6) is 0.536. The Hall–Kier alpha value is -2.65. The van der Waals surface area contributed by atoms with Gasteiger partial charge in [0.05, 0.1) is 48.6 Å². The summed E-state index contributed by atoms with van der Waals surface area (Å²) in [6.07, 6.45) is 2.73. The lowest BCUT2D eigenvalue weighted by molar-refractivity contribution is -0.209. The molecular formula is C23H31N3O6. The van der Waals surface area contributed by atoms with Crippen LogP contribution in [-0.4, -0.2) is 57.3 Å². The fourth-order valence-electron chi connectivity index (χ4n) is 4.62. The Bertz CT molecular complexity index is 1050. The Balaban J connectivity index is 1.50. The van der Waals surface area contributed by atoms with Gasteiger partial charge in [0.15, 0.2) is 0 Å². The van der Waals surface area contributed by atoms with Gasteiger partial charge in [0.1, 0.15) is 17.5 Å². The molecule has 2 N–H and O–H groups in total. The Morgan fingerprint density at radius 2 is 2.03 bits per heavy atom. The number of rotatable bonds is 5. The van der Waals surface area contributed by atoms with Crippen LogP contribution in [0.15, 0.2) is 29.2 Å². The number of hydrogen-bond donors (Lipinski definition) is 2. The number of nitrogens with one attached hydrogen (secondary N) is 1. The van der Waals surface area contributed by atoms with E-state index in [0.717, 1.165) is 0 Å². The molecule has 32 heavy (non-hydrogen) atoms. The molecule has 1 unspecified atom stereocenters. The maximum Gasteiger partial charge on any atom is 0.408 e. The predicted octanol–water partition coefficient (Wildman–Crippen LogP) is 2.37. The monoisotopic (exact) mass is 445 g/mol. The summed E-state index contributed by atoms with van der Waals surface area (Å²) >= 11 is 0. The van der Waals surface area contributed by atoms with Crippen LogP contribution in [0, 0.1) is 0 Å². The average Bonchev–Trinajstić information content (AvgIpc) is 2.75. The number of carbonyl (C=O) groups is 1. The predicted molar refractivity (Wildman–Crippen MR) is 118 cm³/mol. The molecule has 9 heteroatoms. The van der Waals surface area contributed by atoms with Gasteiger partial charge in [0.2, 0.25) is 0 Å². The molecule has 0 aromatic carbocycles. The third kappa shape index (κ3) is 4.31. The van der Waals surface area contributed by atoms with E-state index in [1.165, 1.54) is 17.7 Å². The fourth-order valence-corrected chi connectivity index (χ4v) is 4.62. The molecule has 2 saturated heterocycles. The van der Waals surface area contributed by atoms with E-state index >= 15 is 0 Å². The minimum absolute atomic E-state index is 0.0809. The van der Waals surface area contributed by atoms with Crippen LogP contribution in [0.25, 0.3) is 11.0 Å². The Kier molecular flexibility index (Phi) is 5.67. The SMILES string of the molecule is COc1cnc2ccc(=O)n(CC(O)C34CCC(NC(=O)OC(C)(C)C)(CC3)CO4)c2c1. The van der Waals surface area contributed by atoms with Crippen molar-refractivity contribution < 1.29 is 24.1 Å². The average molecular weight is 446 g/mol. The van der Waals surface area contributed by atoms with Crippen molar-refractivity contribution in [1.29, 1.82) is 0 Å². The summed E-state index contributed by atoms with van der Waals surface area (Å²) in [6.45, 7) is 5.85. The highest BCUT2D eigenvalue weighted by Crippen LogP contribution is 2.46. The second kappa shape index (κ2) is 8.04. The zero-order chi connectivity index (χ0) is 23.1. The quantitative estimate of drug-likeness (QED) is 0.727. The molecular weight excluding hydrogens is 414 g/mol. The van der Waals surface area contributed by atoms with Crippen molar-refractivity contribution >= 4 is 17.1 Å². The lowest BCUT2D eigenvalue weighted by Crippen LogP contribution is -2.66.